The van der Waals surface area contributed by atoms with E-state index in [2.05, 4.69) is 19.2 Å². The van der Waals surface area contributed by atoms with Gasteiger partial charge in [0.05, 0.1) is 18.2 Å². The highest BCUT2D eigenvalue weighted by Gasteiger charge is 2.41. The number of alkyl carbamates (subject to hydrolysis) is 1. The molecule has 5 heteroatoms. The van der Waals surface area contributed by atoms with E-state index in [-0.39, 0.29) is 24.3 Å². The molecule has 0 spiro atoms. The maximum absolute atomic E-state index is 12.5. The number of ether oxygens (including phenoxy) is 3. The van der Waals surface area contributed by atoms with Gasteiger partial charge < -0.3 is 19.5 Å². The zero-order valence-corrected chi connectivity index (χ0v) is 18.5. The molecule has 0 radical (unpaired) electrons. The standard InChI is InChI=1S/C22H41NO4/c1-15(2)18-14-19(26-22(6,7)25-18)17(13-16-11-9-8-10-12-16)23-20(24)27-21(3,4)5/h15-19H,8-14H2,1-7H3,(H,23,24)/t17-,18+,19-/m0/s1. The van der Waals surface area contributed by atoms with E-state index in [1.807, 2.05) is 34.6 Å². The van der Waals surface area contributed by atoms with Crippen LogP contribution in [-0.2, 0) is 14.2 Å². The van der Waals surface area contributed by atoms with Gasteiger partial charge in [-0.25, -0.2) is 4.79 Å². The monoisotopic (exact) mass is 383 g/mol. The average molecular weight is 384 g/mol. The third-order valence-electron chi connectivity index (χ3n) is 5.54. The molecule has 2 fully saturated rings. The summed E-state index contributed by atoms with van der Waals surface area (Å²) in [6, 6.07) is -0.0487. The summed E-state index contributed by atoms with van der Waals surface area (Å²) in [6.07, 6.45) is 7.87. The minimum absolute atomic E-state index is 0.0487. The molecule has 3 atom stereocenters. The molecule has 1 amide bonds. The third-order valence-corrected chi connectivity index (χ3v) is 5.54. The quantitative estimate of drug-likeness (QED) is 0.689. The van der Waals surface area contributed by atoms with Crippen LogP contribution in [0.1, 0.15) is 93.4 Å². The summed E-state index contributed by atoms with van der Waals surface area (Å²) in [4.78, 5) is 12.5. The molecule has 1 saturated heterocycles. The number of hydrogen-bond acceptors (Lipinski definition) is 4. The van der Waals surface area contributed by atoms with E-state index in [0.717, 1.165) is 12.8 Å². The SMILES string of the molecule is CC(C)[C@H]1C[C@@H]([C@H](CC2CCCCC2)NC(=O)OC(C)(C)C)OC(C)(C)O1. The first-order valence-electron chi connectivity index (χ1n) is 10.8. The Kier molecular flexibility index (Phi) is 7.60. The molecular weight excluding hydrogens is 342 g/mol. The number of carbonyl (C=O) groups excluding carboxylic acids is 1. The highest BCUT2D eigenvalue weighted by atomic mass is 16.7. The minimum Gasteiger partial charge on any atom is -0.444 e. The topological polar surface area (TPSA) is 56.8 Å². The van der Waals surface area contributed by atoms with E-state index in [4.69, 9.17) is 14.2 Å². The maximum atomic E-state index is 12.5. The summed E-state index contributed by atoms with van der Waals surface area (Å²) < 4.78 is 18.0. The molecule has 0 aromatic carbocycles. The minimum atomic E-state index is -0.641. The van der Waals surface area contributed by atoms with Gasteiger partial charge in [0.25, 0.3) is 0 Å². The fourth-order valence-electron chi connectivity index (χ4n) is 4.28. The van der Waals surface area contributed by atoms with Crippen LogP contribution in [0.15, 0.2) is 0 Å². The van der Waals surface area contributed by atoms with Crippen LogP contribution < -0.4 is 5.32 Å². The molecule has 0 unspecified atom stereocenters. The summed E-state index contributed by atoms with van der Waals surface area (Å²) in [5, 5.41) is 3.15. The van der Waals surface area contributed by atoms with Gasteiger partial charge in [-0.3, -0.25) is 0 Å². The van der Waals surface area contributed by atoms with E-state index in [1.54, 1.807) is 0 Å². The van der Waals surface area contributed by atoms with E-state index < -0.39 is 11.4 Å². The van der Waals surface area contributed by atoms with Gasteiger partial charge in [-0.05, 0) is 52.9 Å². The van der Waals surface area contributed by atoms with E-state index in [9.17, 15) is 4.79 Å². The lowest BCUT2D eigenvalue weighted by Crippen LogP contribution is -2.55. The molecule has 158 valence electrons. The van der Waals surface area contributed by atoms with E-state index >= 15 is 0 Å². The van der Waals surface area contributed by atoms with Gasteiger partial charge in [0.1, 0.15) is 5.60 Å². The lowest BCUT2D eigenvalue weighted by atomic mass is 9.82. The molecule has 0 aromatic heterocycles. The molecule has 5 nitrogen and oxygen atoms in total. The van der Waals surface area contributed by atoms with Crippen molar-refractivity contribution >= 4 is 6.09 Å². The van der Waals surface area contributed by atoms with Crippen LogP contribution >= 0.6 is 0 Å². The van der Waals surface area contributed by atoms with Crippen molar-refractivity contribution in [2.45, 2.75) is 123 Å². The Morgan fingerprint density at radius 3 is 2.26 bits per heavy atom. The van der Waals surface area contributed by atoms with Crippen LogP contribution in [0, 0.1) is 11.8 Å². The van der Waals surface area contributed by atoms with Gasteiger partial charge in [-0.15, -0.1) is 0 Å². The molecule has 2 aliphatic rings. The Labute approximate surface area is 165 Å². The summed E-state index contributed by atoms with van der Waals surface area (Å²) in [7, 11) is 0. The number of nitrogens with one attached hydrogen (secondary N) is 1. The normalized spacial score (nSPS) is 28.0. The molecule has 1 N–H and O–H groups in total. The van der Waals surface area contributed by atoms with E-state index in [0.29, 0.717) is 11.8 Å². The first kappa shape index (κ1) is 22.5. The highest BCUT2D eigenvalue weighted by Crippen LogP contribution is 2.35. The zero-order chi connectivity index (χ0) is 20.2. The third kappa shape index (κ3) is 7.61. The first-order chi connectivity index (χ1) is 12.5. The van der Waals surface area contributed by atoms with Gasteiger partial charge in [0, 0.05) is 6.42 Å². The van der Waals surface area contributed by atoms with Crippen molar-refractivity contribution in [2.24, 2.45) is 11.8 Å². The molecule has 0 bridgehead atoms. The predicted molar refractivity (Wildman–Crippen MR) is 108 cm³/mol. The summed E-state index contributed by atoms with van der Waals surface area (Å²) in [5.74, 6) is 0.413. The predicted octanol–water partition coefficient (Wildman–Crippen LogP) is 5.42. The molecular formula is C22H41NO4. The van der Waals surface area contributed by atoms with Crippen LogP contribution in [0.4, 0.5) is 4.79 Å². The molecule has 1 saturated carbocycles. The second kappa shape index (κ2) is 9.13. The largest absolute Gasteiger partial charge is 0.444 e. The van der Waals surface area contributed by atoms with Gasteiger partial charge in [0.15, 0.2) is 5.79 Å². The Bertz CT molecular complexity index is 477. The molecule has 1 aliphatic carbocycles. The number of rotatable bonds is 5. The average Bonchev–Trinajstić information content (AvgIpc) is 2.52. The van der Waals surface area contributed by atoms with Crippen molar-refractivity contribution in [3.8, 4) is 0 Å². The van der Waals surface area contributed by atoms with Crippen LogP contribution in [-0.4, -0.2) is 35.7 Å². The van der Waals surface area contributed by atoms with Crippen LogP contribution in [0.5, 0.6) is 0 Å². The molecule has 0 aromatic rings. The molecule has 1 heterocycles. The van der Waals surface area contributed by atoms with Crippen molar-refractivity contribution in [1.82, 2.24) is 5.32 Å². The van der Waals surface area contributed by atoms with Crippen LogP contribution in [0.2, 0.25) is 0 Å². The van der Waals surface area contributed by atoms with Crippen molar-refractivity contribution in [3.05, 3.63) is 0 Å². The highest BCUT2D eigenvalue weighted by molar-refractivity contribution is 5.68. The number of hydrogen-bond donors (Lipinski definition) is 1. The Morgan fingerprint density at radius 2 is 1.70 bits per heavy atom. The van der Waals surface area contributed by atoms with Crippen molar-refractivity contribution in [2.75, 3.05) is 0 Å². The van der Waals surface area contributed by atoms with Crippen molar-refractivity contribution < 1.29 is 19.0 Å². The Morgan fingerprint density at radius 1 is 1.11 bits per heavy atom. The number of amides is 1. The summed E-state index contributed by atoms with van der Waals surface area (Å²) >= 11 is 0. The molecule has 27 heavy (non-hydrogen) atoms. The number of carbonyl (C=O) groups is 1. The van der Waals surface area contributed by atoms with Gasteiger partial charge in [0.2, 0.25) is 0 Å². The molecule has 1 aliphatic heterocycles. The second-order valence-electron chi connectivity index (χ2n) is 10.2. The summed E-state index contributed by atoms with van der Waals surface area (Å²) in [6.45, 7) is 14.0. The van der Waals surface area contributed by atoms with Crippen LogP contribution in [0.25, 0.3) is 0 Å². The zero-order valence-electron chi connectivity index (χ0n) is 18.5. The lowest BCUT2D eigenvalue weighted by molar-refractivity contribution is -0.310. The fraction of sp³-hybridized carbons (Fsp3) is 0.955. The van der Waals surface area contributed by atoms with Crippen molar-refractivity contribution in [3.63, 3.8) is 0 Å². The Balaban J connectivity index is 2.12. The smallest absolute Gasteiger partial charge is 0.407 e. The van der Waals surface area contributed by atoms with Gasteiger partial charge in [-0.1, -0.05) is 46.0 Å². The molecule has 2 rings (SSSR count). The van der Waals surface area contributed by atoms with Crippen molar-refractivity contribution in [1.29, 1.82) is 0 Å². The summed E-state index contributed by atoms with van der Waals surface area (Å²) in [5.41, 5.74) is -0.504. The van der Waals surface area contributed by atoms with E-state index in [1.165, 1.54) is 32.1 Å². The van der Waals surface area contributed by atoms with Crippen LogP contribution in [0.3, 0.4) is 0 Å². The second-order valence-corrected chi connectivity index (χ2v) is 10.2. The van der Waals surface area contributed by atoms with Gasteiger partial charge in [-0.2, -0.15) is 0 Å². The maximum Gasteiger partial charge on any atom is 0.407 e. The first-order valence-corrected chi connectivity index (χ1v) is 10.8. The van der Waals surface area contributed by atoms with Gasteiger partial charge >= 0.3 is 6.09 Å². The fourth-order valence-corrected chi connectivity index (χ4v) is 4.28. The lowest BCUT2D eigenvalue weighted by Gasteiger charge is -2.45. The Hall–Kier alpha value is -0.810.